The lowest BCUT2D eigenvalue weighted by molar-refractivity contribution is 0.102. The Morgan fingerprint density at radius 2 is 1.77 bits per heavy atom. The van der Waals surface area contributed by atoms with Gasteiger partial charge in [0.2, 0.25) is 0 Å². The highest BCUT2D eigenvalue weighted by Gasteiger charge is 2.10. The third-order valence-corrected chi connectivity index (χ3v) is 4.48. The van der Waals surface area contributed by atoms with Crippen LogP contribution in [0, 0.1) is 13.8 Å². The number of nitrogens with zero attached hydrogens (tertiary/aromatic N) is 2. The molecule has 4 aromatic rings. The van der Waals surface area contributed by atoms with E-state index in [4.69, 9.17) is 4.98 Å². The van der Waals surface area contributed by atoms with Crippen LogP contribution in [0.2, 0.25) is 0 Å². The molecule has 4 nitrogen and oxygen atoms in total. The average molecular weight is 341 g/mol. The third-order valence-electron chi connectivity index (χ3n) is 4.48. The number of aryl methyl sites for hydroxylation is 2. The van der Waals surface area contributed by atoms with Crippen molar-refractivity contribution in [1.29, 1.82) is 0 Å². The number of hydrogen-bond acceptors (Lipinski definition) is 2. The van der Waals surface area contributed by atoms with E-state index >= 15 is 0 Å². The van der Waals surface area contributed by atoms with Gasteiger partial charge < -0.3 is 9.72 Å². The van der Waals surface area contributed by atoms with Gasteiger partial charge in [0.1, 0.15) is 5.65 Å². The molecule has 0 fully saturated rings. The number of aromatic nitrogens is 2. The number of fused-ring (bicyclic) bond motifs is 1. The normalized spacial score (nSPS) is 10.8. The number of anilines is 1. The molecule has 0 atom stereocenters. The highest BCUT2D eigenvalue weighted by molar-refractivity contribution is 6.05. The molecule has 0 aliphatic heterocycles. The Morgan fingerprint density at radius 3 is 2.58 bits per heavy atom. The molecule has 0 saturated heterocycles. The van der Waals surface area contributed by atoms with Crippen LogP contribution < -0.4 is 5.32 Å². The highest BCUT2D eigenvalue weighted by atomic mass is 16.1. The summed E-state index contributed by atoms with van der Waals surface area (Å²) in [5.74, 6) is -0.105. The number of amides is 1. The lowest BCUT2D eigenvalue weighted by atomic mass is 10.1. The van der Waals surface area contributed by atoms with Gasteiger partial charge in [-0.05, 0) is 49.2 Å². The van der Waals surface area contributed by atoms with Crippen LogP contribution in [0.1, 0.15) is 21.5 Å². The van der Waals surface area contributed by atoms with Crippen LogP contribution in [0.3, 0.4) is 0 Å². The van der Waals surface area contributed by atoms with Crippen LogP contribution in [0.4, 0.5) is 5.69 Å². The summed E-state index contributed by atoms with van der Waals surface area (Å²) in [6.07, 6.45) is 3.99. The molecule has 0 saturated carbocycles. The number of benzene rings is 2. The maximum Gasteiger partial charge on any atom is 0.255 e. The lowest BCUT2D eigenvalue weighted by Gasteiger charge is -2.08. The average Bonchev–Trinajstić information content (AvgIpc) is 3.08. The Hall–Kier alpha value is -3.40. The van der Waals surface area contributed by atoms with Crippen molar-refractivity contribution in [3.8, 4) is 11.3 Å². The zero-order chi connectivity index (χ0) is 18.1. The molecule has 1 amide bonds. The van der Waals surface area contributed by atoms with Crippen molar-refractivity contribution < 1.29 is 4.79 Å². The first kappa shape index (κ1) is 16.1. The summed E-state index contributed by atoms with van der Waals surface area (Å²) < 4.78 is 2.02. The summed E-state index contributed by atoms with van der Waals surface area (Å²) in [5, 5.41) is 2.98. The van der Waals surface area contributed by atoms with Crippen molar-refractivity contribution in [3.05, 3.63) is 89.7 Å². The standard InChI is InChI=1S/C22H19N3O/c1-15-7-3-4-11-19(15)22(26)23-18-10-5-9-17(13-18)20-14-25-12-6-8-16(2)21(25)24-20/h3-14H,1-2H3,(H,23,26). The monoisotopic (exact) mass is 341 g/mol. The summed E-state index contributed by atoms with van der Waals surface area (Å²) in [7, 11) is 0. The molecule has 0 aliphatic rings. The van der Waals surface area contributed by atoms with E-state index in [0.717, 1.165) is 33.7 Å². The zero-order valence-corrected chi connectivity index (χ0v) is 14.7. The molecule has 4 rings (SSSR count). The molecule has 2 aromatic carbocycles. The summed E-state index contributed by atoms with van der Waals surface area (Å²) in [6.45, 7) is 3.98. The second-order valence-corrected chi connectivity index (χ2v) is 6.40. The van der Waals surface area contributed by atoms with E-state index in [9.17, 15) is 4.79 Å². The van der Waals surface area contributed by atoms with Crippen LogP contribution >= 0.6 is 0 Å². The van der Waals surface area contributed by atoms with Gasteiger partial charge in [0.05, 0.1) is 5.69 Å². The van der Waals surface area contributed by atoms with Crippen LogP contribution in [-0.4, -0.2) is 15.3 Å². The molecule has 2 heterocycles. The van der Waals surface area contributed by atoms with Crippen molar-refractivity contribution in [1.82, 2.24) is 9.38 Å². The predicted molar refractivity (Wildman–Crippen MR) is 104 cm³/mol. The third kappa shape index (κ3) is 2.97. The van der Waals surface area contributed by atoms with E-state index in [1.165, 1.54) is 0 Å². The van der Waals surface area contributed by atoms with Crippen LogP contribution in [-0.2, 0) is 0 Å². The van der Waals surface area contributed by atoms with Crippen molar-refractivity contribution in [2.45, 2.75) is 13.8 Å². The second-order valence-electron chi connectivity index (χ2n) is 6.40. The number of nitrogens with one attached hydrogen (secondary N) is 1. The molecule has 0 unspecified atom stereocenters. The molecular formula is C22H19N3O. The summed E-state index contributed by atoms with van der Waals surface area (Å²) >= 11 is 0. The van der Waals surface area contributed by atoms with Crippen LogP contribution in [0.25, 0.3) is 16.9 Å². The number of imidazole rings is 1. The molecule has 26 heavy (non-hydrogen) atoms. The molecule has 2 aromatic heterocycles. The van der Waals surface area contributed by atoms with Gasteiger partial charge in [0.25, 0.3) is 5.91 Å². The minimum absolute atomic E-state index is 0.105. The van der Waals surface area contributed by atoms with E-state index in [1.807, 2.05) is 91.3 Å². The lowest BCUT2D eigenvalue weighted by Crippen LogP contribution is -2.13. The Morgan fingerprint density at radius 1 is 0.962 bits per heavy atom. The number of carbonyl (C=O) groups excluding carboxylic acids is 1. The van der Waals surface area contributed by atoms with E-state index in [-0.39, 0.29) is 5.91 Å². The number of rotatable bonds is 3. The molecule has 0 spiro atoms. The predicted octanol–water partition coefficient (Wildman–Crippen LogP) is 4.87. The van der Waals surface area contributed by atoms with Gasteiger partial charge in [-0.1, -0.05) is 36.4 Å². The molecule has 128 valence electrons. The first-order valence-corrected chi connectivity index (χ1v) is 8.53. The first-order chi connectivity index (χ1) is 12.6. The van der Waals surface area contributed by atoms with Gasteiger partial charge in [-0.2, -0.15) is 0 Å². The number of carbonyl (C=O) groups is 1. The second kappa shape index (κ2) is 6.48. The molecule has 1 N–H and O–H groups in total. The Labute approximate surface area is 152 Å². The minimum Gasteiger partial charge on any atom is -0.322 e. The van der Waals surface area contributed by atoms with Crippen LogP contribution in [0.15, 0.2) is 73.1 Å². The van der Waals surface area contributed by atoms with E-state index in [0.29, 0.717) is 5.56 Å². The van der Waals surface area contributed by atoms with Crippen molar-refractivity contribution in [2.24, 2.45) is 0 Å². The van der Waals surface area contributed by atoms with Gasteiger partial charge in [-0.3, -0.25) is 4.79 Å². The molecule has 4 heteroatoms. The van der Waals surface area contributed by atoms with Crippen molar-refractivity contribution in [2.75, 3.05) is 5.32 Å². The fraction of sp³-hybridized carbons (Fsp3) is 0.0909. The van der Waals surface area contributed by atoms with Gasteiger partial charge in [-0.15, -0.1) is 0 Å². The van der Waals surface area contributed by atoms with Crippen molar-refractivity contribution >= 4 is 17.2 Å². The van der Waals surface area contributed by atoms with E-state index in [1.54, 1.807) is 0 Å². The van der Waals surface area contributed by atoms with Gasteiger partial charge in [-0.25, -0.2) is 4.98 Å². The maximum atomic E-state index is 12.5. The smallest absolute Gasteiger partial charge is 0.255 e. The molecule has 0 radical (unpaired) electrons. The SMILES string of the molecule is Cc1ccccc1C(=O)Nc1cccc(-c2cn3cccc(C)c3n2)c1. The highest BCUT2D eigenvalue weighted by Crippen LogP contribution is 2.24. The summed E-state index contributed by atoms with van der Waals surface area (Å²) in [5.41, 5.74) is 6.31. The zero-order valence-electron chi connectivity index (χ0n) is 14.7. The van der Waals surface area contributed by atoms with Gasteiger partial charge >= 0.3 is 0 Å². The Balaban J connectivity index is 1.65. The fourth-order valence-corrected chi connectivity index (χ4v) is 3.08. The van der Waals surface area contributed by atoms with Gasteiger partial charge in [0.15, 0.2) is 0 Å². The fourth-order valence-electron chi connectivity index (χ4n) is 3.08. The molecule has 0 bridgehead atoms. The Kier molecular flexibility index (Phi) is 4.01. The van der Waals surface area contributed by atoms with Crippen molar-refractivity contribution in [3.63, 3.8) is 0 Å². The van der Waals surface area contributed by atoms with E-state index < -0.39 is 0 Å². The first-order valence-electron chi connectivity index (χ1n) is 8.53. The topological polar surface area (TPSA) is 46.4 Å². The summed E-state index contributed by atoms with van der Waals surface area (Å²) in [6, 6.07) is 19.4. The maximum absolute atomic E-state index is 12.5. The largest absolute Gasteiger partial charge is 0.322 e. The number of pyridine rings is 1. The Bertz CT molecular complexity index is 1110. The molecule has 0 aliphatic carbocycles. The van der Waals surface area contributed by atoms with Gasteiger partial charge in [0, 0.05) is 29.2 Å². The van der Waals surface area contributed by atoms with Crippen LogP contribution in [0.5, 0.6) is 0 Å². The molecular weight excluding hydrogens is 322 g/mol. The number of hydrogen-bond donors (Lipinski definition) is 1. The summed E-state index contributed by atoms with van der Waals surface area (Å²) in [4.78, 5) is 17.3. The quantitative estimate of drug-likeness (QED) is 0.578. The van der Waals surface area contributed by atoms with E-state index in [2.05, 4.69) is 5.32 Å². The minimum atomic E-state index is -0.105.